The number of carbonyl (C=O) groups is 2. The first-order chi connectivity index (χ1) is 7.62. The minimum atomic E-state index is -0.245. The standard InChI is InChI=1S/C5H8N2.C3H7NO.CH4N2O/c1-2-5-6-3-4-7-5;1-2-3(4)5;2-3-1-4/h3H,2,4H2,1H3;2H2,1H3,(H2,4,5);1H,2H2,(H,3,4). The average Bonchev–Trinajstić information content (AvgIpc) is 2.83. The van der Waals surface area contributed by atoms with Gasteiger partial charge in [-0.05, 0) is 0 Å². The first kappa shape index (κ1) is 16.7. The van der Waals surface area contributed by atoms with Crippen molar-refractivity contribution in [3.8, 4) is 0 Å². The molecule has 0 aromatic rings. The van der Waals surface area contributed by atoms with E-state index in [0.717, 1.165) is 18.8 Å². The van der Waals surface area contributed by atoms with E-state index in [-0.39, 0.29) is 5.91 Å². The van der Waals surface area contributed by atoms with Gasteiger partial charge in [-0.1, -0.05) is 13.8 Å². The van der Waals surface area contributed by atoms with Gasteiger partial charge in [0.2, 0.25) is 12.3 Å². The van der Waals surface area contributed by atoms with Gasteiger partial charge in [0.05, 0.1) is 6.54 Å². The fourth-order valence-electron chi connectivity index (χ4n) is 0.536. The van der Waals surface area contributed by atoms with Crippen LogP contribution in [0.5, 0.6) is 0 Å². The maximum absolute atomic E-state index is 9.59. The second-order valence-electron chi connectivity index (χ2n) is 2.53. The fraction of sp³-hybridized carbons (Fsp3) is 0.556. The molecule has 0 bridgehead atoms. The Bertz CT molecular complexity index is 250. The largest absolute Gasteiger partial charge is 0.370 e. The third-order valence-corrected chi connectivity index (χ3v) is 1.33. The van der Waals surface area contributed by atoms with Crippen molar-refractivity contribution in [2.24, 2.45) is 21.6 Å². The maximum atomic E-state index is 9.59. The predicted octanol–water partition coefficient (Wildman–Crippen LogP) is -0.633. The van der Waals surface area contributed by atoms with Crippen LogP contribution in [0.4, 0.5) is 0 Å². The molecule has 0 saturated heterocycles. The third-order valence-electron chi connectivity index (χ3n) is 1.33. The summed E-state index contributed by atoms with van der Waals surface area (Å²) in [5.41, 5.74) is 6.40. The summed E-state index contributed by atoms with van der Waals surface area (Å²) in [7, 11) is 0. The molecule has 0 fully saturated rings. The molecule has 0 spiro atoms. The number of nitrogens with two attached hydrogens (primary N) is 2. The summed E-state index contributed by atoms with van der Waals surface area (Å²) >= 11 is 0. The number of hydrogen-bond donors (Lipinski definition) is 3. The zero-order valence-electron chi connectivity index (χ0n) is 9.64. The minimum Gasteiger partial charge on any atom is -0.370 e. The van der Waals surface area contributed by atoms with Crippen LogP contribution in [-0.2, 0) is 9.59 Å². The minimum absolute atomic E-state index is 0.245. The Hall–Kier alpha value is -1.76. The zero-order chi connectivity index (χ0) is 12.8. The van der Waals surface area contributed by atoms with E-state index in [2.05, 4.69) is 28.5 Å². The van der Waals surface area contributed by atoms with Crippen molar-refractivity contribution < 1.29 is 9.59 Å². The molecule has 7 heteroatoms. The van der Waals surface area contributed by atoms with Crippen LogP contribution >= 0.6 is 0 Å². The first-order valence-corrected chi connectivity index (χ1v) is 4.86. The van der Waals surface area contributed by atoms with Crippen LogP contribution in [0.3, 0.4) is 0 Å². The van der Waals surface area contributed by atoms with Crippen molar-refractivity contribution in [1.82, 2.24) is 5.43 Å². The van der Waals surface area contributed by atoms with E-state index in [1.807, 2.05) is 6.21 Å². The highest BCUT2D eigenvalue weighted by molar-refractivity contribution is 5.94. The van der Waals surface area contributed by atoms with Gasteiger partial charge >= 0.3 is 0 Å². The lowest BCUT2D eigenvalue weighted by molar-refractivity contribution is -0.117. The number of hydrogen-bond acceptors (Lipinski definition) is 5. The van der Waals surface area contributed by atoms with Crippen LogP contribution in [-0.4, -0.2) is 30.9 Å². The number of amidine groups is 1. The molecule has 2 amide bonds. The molecular formula is C9H19N5O2. The highest BCUT2D eigenvalue weighted by Gasteiger charge is 1.93. The molecule has 1 aliphatic rings. The molecule has 1 heterocycles. The van der Waals surface area contributed by atoms with Gasteiger partial charge in [0.15, 0.2) is 0 Å². The topological polar surface area (TPSA) is 123 Å². The van der Waals surface area contributed by atoms with Gasteiger partial charge < -0.3 is 5.73 Å². The molecule has 16 heavy (non-hydrogen) atoms. The molecule has 0 aromatic carbocycles. The van der Waals surface area contributed by atoms with Crippen LogP contribution < -0.4 is 17.0 Å². The van der Waals surface area contributed by atoms with Gasteiger partial charge in [0.25, 0.3) is 0 Å². The summed E-state index contributed by atoms with van der Waals surface area (Å²) in [5.74, 6) is 5.15. The third kappa shape index (κ3) is 14.7. The summed E-state index contributed by atoms with van der Waals surface area (Å²) in [6, 6.07) is 0. The highest BCUT2D eigenvalue weighted by atomic mass is 16.1. The summed E-state index contributed by atoms with van der Waals surface area (Å²) in [4.78, 5) is 26.6. The quantitative estimate of drug-likeness (QED) is 0.258. The van der Waals surface area contributed by atoms with Crippen molar-refractivity contribution >= 4 is 24.4 Å². The lowest BCUT2D eigenvalue weighted by Crippen LogP contribution is -2.18. The molecule has 1 aliphatic heterocycles. The average molecular weight is 229 g/mol. The molecular weight excluding hydrogens is 210 g/mol. The van der Waals surface area contributed by atoms with Gasteiger partial charge in [-0.15, -0.1) is 0 Å². The number of rotatable bonds is 3. The van der Waals surface area contributed by atoms with E-state index in [4.69, 9.17) is 4.79 Å². The molecule has 7 nitrogen and oxygen atoms in total. The van der Waals surface area contributed by atoms with E-state index in [9.17, 15) is 4.79 Å². The normalized spacial score (nSPS) is 11.3. The Morgan fingerprint density at radius 1 is 1.62 bits per heavy atom. The molecule has 5 N–H and O–H groups in total. The van der Waals surface area contributed by atoms with Crippen LogP contribution in [0.1, 0.15) is 26.7 Å². The monoisotopic (exact) mass is 229 g/mol. The van der Waals surface area contributed by atoms with Crippen LogP contribution in [0.15, 0.2) is 9.98 Å². The van der Waals surface area contributed by atoms with E-state index < -0.39 is 0 Å². The van der Waals surface area contributed by atoms with Gasteiger partial charge in [0, 0.05) is 19.1 Å². The van der Waals surface area contributed by atoms with Crippen molar-refractivity contribution in [2.75, 3.05) is 6.54 Å². The lowest BCUT2D eigenvalue weighted by Gasteiger charge is -1.81. The maximum Gasteiger partial charge on any atom is 0.221 e. The van der Waals surface area contributed by atoms with Crippen molar-refractivity contribution in [2.45, 2.75) is 26.7 Å². The number of hydrazine groups is 1. The lowest BCUT2D eigenvalue weighted by atomic mass is 10.5. The Labute approximate surface area is 95.0 Å². The molecule has 0 aliphatic carbocycles. The molecule has 92 valence electrons. The highest BCUT2D eigenvalue weighted by Crippen LogP contribution is 1.91. The fourth-order valence-corrected chi connectivity index (χ4v) is 0.536. The first-order valence-electron chi connectivity index (χ1n) is 4.86. The number of nitrogens with one attached hydrogen (secondary N) is 1. The van der Waals surface area contributed by atoms with E-state index in [1.54, 1.807) is 12.3 Å². The van der Waals surface area contributed by atoms with Crippen molar-refractivity contribution in [3.63, 3.8) is 0 Å². The van der Waals surface area contributed by atoms with E-state index in [0.29, 0.717) is 12.8 Å². The molecule has 0 unspecified atom stereocenters. The van der Waals surface area contributed by atoms with Gasteiger partial charge in [-0.25, -0.2) is 10.8 Å². The molecule has 0 aromatic heterocycles. The Balaban J connectivity index is 0. The van der Waals surface area contributed by atoms with Gasteiger partial charge in [-0.3, -0.25) is 20.0 Å². The number of carbonyl (C=O) groups excluding carboxylic acids is 2. The number of nitrogens with zero attached hydrogens (tertiary/aromatic N) is 2. The SMILES string of the molecule is CCC(N)=O.CCC1=NCC=N1.NNC=O. The summed E-state index contributed by atoms with van der Waals surface area (Å²) in [5, 5.41) is 0. The summed E-state index contributed by atoms with van der Waals surface area (Å²) < 4.78 is 0. The zero-order valence-corrected chi connectivity index (χ0v) is 9.64. The number of primary amides is 1. The number of amides is 2. The van der Waals surface area contributed by atoms with Crippen LogP contribution in [0.25, 0.3) is 0 Å². The summed E-state index contributed by atoms with van der Waals surface area (Å²) in [6.45, 7) is 4.58. The second-order valence-corrected chi connectivity index (χ2v) is 2.53. The summed E-state index contributed by atoms with van der Waals surface area (Å²) in [6.07, 6.45) is 3.65. The van der Waals surface area contributed by atoms with E-state index in [1.165, 1.54) is 0 Å². The smallest absolute Gasteiger partial charge is 0.221 e. The molecule has 0 saturated carbocycles. The van der Waals surface area contributed by atoms with Crippen LogP contribution in [0, 0.1) is 0 Å². The Morgan fingerprint density at radius 2 is 2.12 bits per heavy atom. The number of aliphatic imine (C=N–C) groups is 2. The van der Waals surface area contributed by atoms with Gasteiger partial charge in [-0.2, -0.15) is 0 Å². The Morgan fingerprint density at radius 3 is 2.25 bits per heavy atom. The van der Waals surface area contributed by atoms with Crippen LogP contribution in [0.2, 0.25) is 0 Å². The Kier molecular flexibility index (Phi) is 13.8. The van der Waals surface area contributed by atoms with Crippen molar-refractivity contribution in [1.29, 1.82) is 0 Å². The second kappa shape index (κ2) is 13.2. The van der Waals surface area contributed by atoms with Crippen molar-refractivity contribution in [3.05, 3.63) is 0 Å². The molecule has 1 rings (SSSR count). The molecule has 0 radical (unpaired) electrons. The van der Waals surface area contributed by atoms with Gasteiger partial charge in [0.1, 0.15) is 5.84 Å². The van der Waals surface area contributed by atoms with E-state index >= 15 is 0 Å². The predicted molar refractivity (Wildman–Crippen MR) is 64.0 cm³/mol. The molecule has 0 atom stereocenters.